The number of carbonyl (C=O) groups excluding carboxylic acids is 2. The van der Waals surface area contributed by atoms with Crippen LogP contribution in [0.3, 0.4) is 0 Å². The minimum absolute atomic E-state index is 0.0427. The molecular weight excluding hydrogens is 434 g/mol. The molecule has 9 heteroatoms. The third kappa shape index (κ3) is 5.39. The number of carbonyl (C=O) groups is 2. The molecule has 4 nitrogen and oxygen atoms in total. The Bertz CT molecular complexity index is 947. The molecule has 0 bridgehead atoms. The summed E-state index contributed by atoms with van der Waals surface area (Å²) in [7, 11) is 0. The van der Waals surface area contributed by atoms with Gasteiger partial charge in [0.15, 0.2) is 0 Å². The van der Waals surface area contributed by atoms with E-state index in [2.05, 4.69) is 0 Å². The maximum Gasteiger partial charge on any atom is 0.416 e. The van der Waals surface area contributed by atoms with Gasteiger partial charge < -0.3 is 9.64 Å². The summed E-state index contributed by atoms with van der Waals surface area (Å²) in [5.41, 5.74) is -0.335. The van der Waals surface area contributed by atoms with Crippen LogP contribution in [0.1, 0.15) is 40.7 Å². The van der Waals surface area contributed by atoms with Crippen molar-refractivity contribution >= 4 is 23.6 Å². The Kier molecular flexibility index (Phi) is 6.93. The third-order valence-corrected chi connectivity index (χ3v) is 5.98. The van der Waals surface area contributed by atoms with Crippen molar-refractivity contribution in [1.29, 1.82) is 0 Å². The van der Waals surface area contributed by atoms with Gasteiger partial charge in [-0.25, -0.2) is 9.18 Å². The van der Waals surface area contributed by atoms with E-state index in [4.69, 9.17) is 4.74 Å². The number of rotatable bonds is 5. The standard InChI is InChI=1S/C22H21F4NO3S/c1-13(2)11-30-21(29)18-12-31-20(14-6-8-16(9-7-14)22(24,25)26)27(18)19(28)15-4-3-5-17(23)10-15/h3-10,13,18,20H,11-12H2,1-2H3. The third-order valence-electron chi connectivity index (χ3n) is 4.66. The average Bonchev–Trinajstić information content (AvgIpc) is 3.16. The summed E-state index contributed by atoms with van der Waals surface area (Å²) in [4.78, 5) is 27.2. The van der Waals surface area contributed by atoms with Crippen LogP contribution in [0.15, 0.2) is 48.5 Å². The zero-order chi connectivity index (χ0) is 22.8. The molecule has 1 saturated heterocycles. The topological polar surface area (TPSA) is 46.6 Å². The molecule has 3 rings (SSSR count). The maximum atomic E-state index is 13.7. The number of alkyl halides is 3. The highest BCUT2D eigenvalue weighted by Crippen LogP contribution is 2.43. The Morgan fingerprint density at radius 1 is 1.16 bits per heavy atom. The number of hydrogen-bond acceptors (Lipinski definition) is 4. The molecule has 0 radical (unpaired) electrons. The van der Waals surface area contributed by atoms with Crippen molar-refractivity contribution in [3.05, 3.63) is 71.0 Å². The highest BCUT2D eigenvalue weighted by Gasteiger charge is 2.44. The molecule has 1 amide bonds. The predicted molar refractivity (Wildman–Crippen MR) is 109 cm³/mol. The number of benzene rings is 2. The molecule has 1 aliphatic rings. The van der Waals surface area contributed by atoms with E-state index in [1.807, 2.05) is 13.8 Å². The van der Waals surface area contributed by atoms with Crippen LogP contribution in [0, 0.1) is 11.7 Å². The van der Waals surface area contributed by atoms with Crippen LogP contribution in [0.5, 0.6) is 0 Å². The molecule has 0 aliphatic carbocycles. The first-order valence-electron chi connectivity index (χ1n) is 9.61. The second-order valence-electron chi connectivity index (χ2n) is 7.57. The van der Waals surface area contributed by atoms with E-state index in [1.54, 1.807) is 0 Å². The Morgan fingerprint density at radius 2 is 1.84 bits per heavy atom. The van der Waals surface area contributed by atoms with Crippen LogP contribution in [-0.2, 0) is 15.7 Å². The molecule has 1 heterocycles. The fourth-order valence-corrected chi connectivity index (χ4v) is 4.56. The van der Waals surface area contributed by atoms with Gasteiger partial charge in [-0.15, -0.1) is 11.8 Å². The summed E-state index contributed by atoms with van der Waals surface area (Å²) in [6.45, 7) is 3.92. The smallest absolute Gasteiger partial charge is 0.416 e. The zero-order valence-corrected chi connectivity index (χ0v) is 17.7. The van der Waals surface area contributed by atoms with Crippen LogP contribution in [-0.4, -0.2) is 35.2 Å². The Morgan fingerprint density at radius 3 is 2.42 bits per heavy atom. The molecule has 0 spiro atoms. The number of amides is 1. The monoisotopic (exact) mass is 455 g/mol. The average molecular weight is 455 g/mol. The number of halogens is 4. The van der Waals surface area contributed by atoms with Crippen molar-refractivity contribution in [2.24, 2.45) is 5.92 Å². The maximum absolute atomic E-state index is 13.7. The van der Waals surface area contributed by atoms with E-state index >= 15 is 0 Å². The molecule has 2 aromatic carbocycles. The van der Waals surface area contributed by atoms with Gasteiger partial charge in [-0.2, -0.15) is 13.2 Å². The molecule has 2 atom stereocenters. The van der Waals surface area contributed by atoms with Gasteiger partial charge in [0, 0.05) is 11.3 Å². The molecule has 1 aliphatic heterocycles. The number of nitrogens with zero attached hydrogens (tertiary/aromatic N) is 1. The predicted octanol–water partition coefficient (Wildman–Crippen LogP) is 5.30. The summed E-state index contributed by atoms with van der Waals surface area (Å²) in [6.07, 6.45) is -4.48. The normalized spacial score (nSPS) is 19.0. The summed E-state index contributed by atoms with van der Waals surface area (Å²) < 4.78 is 57.7. The highest BCUT2D eigenvalue weighted by atomic mass is 32.2. The van der Waals surface area contributed by atoms with Gasteiger partial charge in [-0.3, -0.25) is 4.79 Å². The minimum Gasteiger partial charge on any atom is -0.464 e. The van der Waals surface area contributed by atoms with Crippen LogP contribution in [0.2, 0.25) is 0 Å². The largest absolute Gasteiger partial charge is 0.464 e. The first-order chi connectivity index (χ1) is 14.6. The molecule has 1 fully saturated rings. The van der Waals surface area contributed by atoms with Crippen LogP contribution < -0.4 is 0 Å². The molecule has 0 saturated carbocycles. The van der Waals surface area contributed by atoms with Crippen molar-refractivity contribution < 1.29 is 31.9 Å². The van der Waals surface area contributed by atoms with Crippen molar-refractivity contribution in [3.63, 3.8) is 0 Å². The molecule has 2 aromatic rings. The number of hydrogen-bond donors (Lipinski definition) is 0. The lowest BCUT2D eigenvalue weighted by Crippen LogP contribution is -2.44. The SMILES string of the molecule is CC(C)COC(=O)C1CSC(c2ccc(C(F)(F)F)cc2)N1C(=O)c1cccc(F)c1. The minimum atomic E-state index is -4.48. The zero-order valence-electron chi connectivity index (χ0n) is 16.9. The molecular formula is C22H21F4NO3S. The number of ether oxygens (including phenoxy) is 1. The van der Waals surface area contributed by atoms with Crippen molar-refractivity contribution in [2.45, 2.75) is 31.4 Å². The summed E-state index contributed by atoms with van der Waals surface area (Å²) in [5.74, 6) is -1.50. The Hall–Kier alpha value is -2.55. The lowest BCUT2D eigenvalue weighted by atomic mass is 10.1. The Balaban J connectivity index is 1.94. The van der Waals surface area contributed by atoms with Gasteiger partial charge in [0.25, 0.3) is 5.91 Å². The molecule has 2 unspecified atom stereocenters. The number of esters is 1. The fourth-order valence-electron chi connectivity index (χ4n) is 3.15. The van der Waals surface area contributed by atoms with Gasteiger partial charge in [-0.1, -0.05) is 32.0 Å². The van der Waals surface area contributed by atoms with Crippen molar-refractivity contribution in [1.82, 2.24) is 4.90 Å². The Labute approximate surface area is 181 Å². The van der Waals surface area contributed by atoms with Gasteiger partial charge in [0.05, 0.1) is 12.2 Å². The van der Waals surface area contributed by atoms with Gasteiger partial charge in [0.1, 0.15) is 17.2 Å². The van der Waals surface area contributed by atoms with Gasteiger partial charge >= 0.3 is 12.1 Å². The highest BCUT2D eigenvalue weighted by molar-refractivity contribution is 7.99. The fraction of sp³-hybridized carbons (Fsp3) is 0.364. The van der Waals surface area contributed by atoms with Crippen molar-refractivity contribution in [3.8, 4) is 0 Å². The van der Waals surface area contributed by atoms with E-state index in [-0.39, 0.29) is 23.8 Å². The number of thioether (sulfide) groups is 1. The van der Waals surface area contributed by atoms with E-state index in [9.17, 15) is 27.2 Å². The molecule has 166 valence electrons. The van der Waals surface area contributed by atoms with E-state index < -0.39 is 40.8 Å². The lowest BCUT2D eigenvalue weighted by molar-refractivity contribution is -0.149. The lowest BCUT2D eigenvalue weighted by Gasteiger charge is -2.29. The van der Waals surface area contributed by atoms with Crippen LogP contribution >= 0.6 is 11.8 Å². The molecule has 0 N–H and O–H groups in total. The molecule has 31 heavy (non-hydrogen) atoms. The summed E-state index contributed by atoms with van der Waals surface area (Å²) >= 11 is 1.24. The second-order valence-corrected chi connectivity index (χ2v) is 8.68. The first kappa shape index (κ1) is 23.1. The second kappa shape index (κ2) is 9.30. The van der Waals surface area contributed by atoms with Gasteiger partial charge in [-0.05, 0) is 41.8 Å². The molecule has 0 aromatic heterocycles. The first-order valence-corrected chi connectivity index (χ1v) is 10.7. The summed E-state index contributed by atoms with van der Waals surface area (Å²) in [6, 6.07) is 8.56. The van der Waals surface area contributed by atoms with E-state index in [0.29, 0.717) is 5.56 Å². The van der Waals surface area contributed by atoms with Gasteiger partial charge in [0.2, 0.25) is 0 Å². The van der Waals surface area contributed by atoms with Crippen LogP contribution in [0.25, 0.3) is 0 Å². The van der Waals surface area contributed by atoms with Crippen LogP contribution in [0.4, 0.5) is 17.6 Å². The summed E-state index contributed by atoms with van der Waals surface area (Å²) in [5, 5.41) is -0.713. The van der Waals surface area contributed by atoms with E-state index in [0.717, 1.165) is 18.2 Å². The van der Waals surface area contributed by atoms with E-state index in [1.165, 1.54) is 47.0 Å². The van der Waals surface area contributed by atoms with Crippen molar-refractivity contribution in [2.75, 3.05) is 12.4 Å². The quantitative estimate of drug-likeness (QED) is 0.454.